The normalized spacial score (nSPS) is 11.7. The highest BCUT2D eigenvalue weighted by Gasteiger charge is 2.17. The van der Waals surface area contributed by atoms with Crippen LogP contribution in [0.5, 0.6) is 5.75 Å². The van der Waals surface area contributed by atoms with Gasteiger partial charge >= 0.3 is 0 Å². The molecule has 3 nitrogen and oxygen atoms in total. The maximum atomic E-state index is 12.2. The van der Waals surface area contributed by atoms with Gasteiger partial charge in [-0.1, -0.05) is 49.4 Å². The number of hydrogen-bond acceptors (Lipinski definition) is 2. The van der Waals surface area contributed by atoms with Crippen LogP contribution in [-0.4, -0.2) is 12.0 Å². The van der Waals surface area contributed by atoms with E-state index in [-0.39, 0.29) is 5.91 Å². The lowest BCUT2D eigenvalue weighted by atomic mass is 10.1. The molecule has 0 bridgehead atoms. The van der Waals surface area contributed by atoms with Gasteiger partial charge in [-0.3, -0.25) is 4.79 Å². The molecule has 0 heterocycles. The minimum absolute atomic E-state index is 0.0791. The molecule has 0 saturated carbocycles. The molecule has 0 aromatic heterocycles. The molecule has 1 atom stereocenters. The third-order valence-corrected chi connectivity index (χ3v) is 3.40. The first-order valence-corrected chi connectivity index (χ1v) is 7.24. The van der Waals surface area contributed by atoms with Gasteiger partial charge in [-0.25, -0.2) is 0 Å². The van der Waals surface area contributed by atoms with Gasteiger partial charge in [-0.2, -0.15) is 0 Å². The minimum Gasteiger partial charge on any atom is -0.481 e. The molecular weight excluding hydrogens is 262 g/mol. The predicted molar refractivity (Wildman–Crippen MR) is 84.2 cm³/mol. The van der Waals surface area contributed by atoms with E-state index in [1.165, 1.54) is 5.56 Å². The van der Waals surface area contributed by atoms with E-state index in [1.54, 1.807) is 0 Å². The van der Waals surface area contributed by atoms with Crippen LogP contribution in [0.1, 0.15) is 24.5 Å². The molecule has 2 aromatic carbocycles. The van der Waals surface area contributed by atoms with E-state index in [4.69, 9.17) is 4.74 Å². The van der Waals surface area contributed by atoms with E-state index in [0.717, 1.165) is 11.3 Å². The fourth-order valence-electron chi connectivity index (χ4n) is 2.09. The first-order chi connectivity index (χ1) is 10.2. The Hall–Kier alpha value is -2.29. The Balaban J connectivity index is 1.93. The van der Waals surface area contributed by atoms with Crippen molar-refractivity contribution in [3.8, 4) is 5.75 Å². The lowest BCUT2D eigenvalue weighted by Crippen LogP contribution is -2.37. The number of carbonyl (C=O) groups is 1. The first kappa shape index (κ1) is 15.1. The molecule has 0 aliphatic rings. The van der Waals surface area contributed by atoms with Gasteiger partial charge in [0.2, 0.25) is 0 Å². The number of benzene rings is 2. The van der Waals surface area contributed by atoms with E-state index in [9.17, 15) is 4.79 Å². The first-order valence-electron chi connectivity index (χ1n) is 7.24. The van der Waals surface area contributed by atoms with Gasteiger partial charge in [0, 0.05) is 6.54 Å². The summed E-state index contributed by atoms with van der Waals surface area (Å²) in [5.41, 5.74) is 2.30. The van der Waals surface area contributed by atoms with Crippen LogP contribution in [0.25, 0.3) is 0 Å². The largest absolute Gasteiger partial charge is 0.481 e. The number of para-hydroxylation sites is 1. The van der Waals surface area contributed by atoms with Crippen LogP contribution in [-0.2, 0) is 11.3 Å². The quantitative estimate of drug-likeness (QED) is 0.881. The molecule has 110 valence electrons. The smallest absolute Gasteiger partial charge is 0.261 e. The molecule has 3 heteroatoms. The van der Waals surface area contributed by atoms with E-state index in [2.05, 4.69) is 5.32 Å². The van der Waals surface area contributed by atoms with Crippen LogP contribution >= 0.6 is 0 Å². The number of rotatable bonds is 6. The van der Waals surface area contributed by atoms with Crippen LogP contribution < -0.4 is 10.1 Å². The molecule has 1 N–H and O–H groups in total. The Bertz CT molecular complexity index is 581. The van der Waals surface area contributed by atoms with E-state index < -0.39 is 6.10 Å². The van der Waals surface area contributed by atoms with Crippen molar-refractivity contribution in [2.24, 2.45) is 0 Å². The molecule has 0 fully saturated rings. The van der Waals surface area contributed by atoms with Gasteiger partial charge in [0.25, 0.3) is 5.91 Å². The van der Waals surface area contributed by atoms with Gasteiger partial charge in [-0.15, -0.1) is 0 Å². The van der Waals surface area contributed by atoms with Crippen LogP contribution in [0.2, 0.25) is 0 Å². The second-order valence-electron chi connectivity index (χ2n) is 4.97. The molecular formula is C18H21NO2. The lowest BCUT2D eigenvalue weighted by molar-refractivity contribution is -0.128. The summed E-state index contributed by atoms with van der Waals surface area (Å²) >= 11 is 0. The maximum absolute atomic E-state index is 12.2. The summed E-state index contributed by atoms with van der Waals surface area (Å²) in [7, 11) is 0. The average molecular weight is 283 g/mol. The molecule has 2 aromatic rings. The predicted octanol–water partition coefficient (Wildman–Crippen LogP) is 3.47. The molecule has 0 radical (unpaired) electrons. The minimum atomic E-state index is -0.462. The van der Waals surface area contributed by atoms with Crippen LogP contribution in [0.3, 0.4) is 0 Å². The van der Waals surface area contributed by atoms with E-state index in [0.29, 0.717) is 13.0 Å². The standard InChI is InChI=1S/C18H21NO2/c1-3-17(21-16-11-5-4-6-12-16)18(20)19-13-15-10-8-7-9-14(15)2/h4-12,17H,3,13H2,1-2H3,(H,19,20). The van der Waals surface area contributed by atoms with Crippen LogP contribution in [0.4, 0.5) is 0 Å². The molecule has 0 aliphatic carbocycles. The Morgan fingerprint density at radius 2 is 1.76 bits per heavy atom. The second kappa shape index (κ2) is 7.48. The zero-order valence-electron chi connectivity index (χ0n) is 12.5. The van der Waals surface area contributed by atoms with Gasteiger partial charge in [0.05, 0.1) is 0 Å². The van der Waals surface area contributed by atoms with Crippen molar-refractivity contribution in [2.45, 2.75) is 32.9 Å². The molecule has 2 rings (SSSR count). The molecule has 1 unspecified atom stereocenters. The molecule has 0 saturated heterocycles. The zero-order valence-corrected chi connectivity index (χ0v) is 12.5. The van der Waals surface area contributed by atoms with Gasteiger partial charge in [0.15, 0.2) is 6.10 Å². The van der Waals surface area contributed by atoms with Gasteiger partial charge < -0.3 is 10.1 Å². The van der Waals surface area contributed by atoms with Crippen molar-refractivity contribution in [1.82, 2.24) is 5.32 Å². The summed E-state index contributed by atoms with van der Waals surface area (Å²) in [6.45, 7) is 4.51. The Labute approximate surface area is 126 Å². The van der Waals surface area contributed by atoms with Gasteiger partial charge in [0.1, 0.15) is 5.75 Å². The summed E-state index contributed by atoms with van der Waals surface area (Å²) in [5, 5.41) is 2.95. The fraction of sp³-hybridized carbons (Fsp3) is 0.278. The lowest BCUT2D eigenvalue weighted by Gasteiger charge is -2.17. The van der Waals surface area contributed by atoms with Crippen LogP contribution in [0, 0.1) is 6.92 Å². The highest BCUT2D eigenvalue weighted by molar-refractivity contribution is 5.81. The third kappa shape index (κ3) is 4.35. The third-order valence-electron chi connectivity index (χ3n) is 3.40. The summed E-state index contributed by atoms with van der Waals surface area (Å²) in [5.74, 6) is 0.639. The monoisotopic (exact) mass is 283 g/mol. The number of nitrogens with one attached hydrogen (secondary N) is 1. The SMILES string of the molecule is CCC(Oc1ccccc1)C(=O)NCc1ccccc1C. The van der Waals surface area contributed by atoms with Crippen molar-refractivity contribution in [2.75, 3.05) is 0 Å². The summed E-state index contributed by atoms with van der Waals surface area (Å²) in [6, 6.07) is 17.5. The van der Waals surface area contributed by atoms with Gasteiger partial charge in [-0.05, 0) is 36.6 Å². The van der Waals surface area contributed by atoms with Crippen LogP contribution in [0.15, 0.2) is 54.6 Å². The highest BCUT2D eigenvalue weighted by Crippen LogP contribution is 2.13. The number of amides is 1. The number of ether oxygens (including phenoxy) is 1. The highest BCUT2D eigenvalue weighted by atomic mass is 16.5. The maximum Gasteiger partial charge on any atom is 0.261 e. The Morgan fingerprint density at radius 3 is 2.43 bits per heavy atom. The Kier molecular flexibility index (Phi) is 5.38. The van der Waals surface area contributed by atoms with E-state index in [1.807, 2.05) is 68.4 Å². The van der Waals surface area contributed by atoms with E-state index >= 15 is 0 Å². The molecule has 1 amide bonds. The molecule has 0 aliphatic heterocycles. The topological polar surface area (TPSA) is 38.3 Å². The Morgan fingerprint density at radius 1 is 1.10 bits per heavy atom. The summed E-state index contributed by atoms with van der Waals surface area (Å²) in [6.07, 6.45) is 0.172. The average Bonchev–Trinajstić information content (AvgIpc) is 2.52. The second-order valence-corrected chi connectivity index (χ2v) is 4.97. The number of aryl methyl sites for hydroxylation is 1. The summed E-state index contributed by atoms with van der Waals surface area (Å²) < 4.78 is 5.73. The molecule has 21 heavy (non-hydrogen) atoms. The van der Waals surface area contributed by atoms with Crippen molar-refractivity contribution < 1.29 is 9.53 Å². The van der Waals surface area contributed by atoms with Crippen molar-refractivity contribution >= 4 is 5.91 Å². The number of hydrogen-bond donors (Lipinski definition) is 1. The number of carbonyl (C=O) groups excluding carboxylic acids is 1. The van der Waals surface area contributed by atoms with Crippen molar-refractivity contribution in [3.63, 3.8) is 0 Å². The summed E-state index contributed by atoms with van der Waals surface area (Å²) in [4.78, 5) is 12.2. The fourth-order valence-corrected chi connectivity index (χ4v) is 2.09. The zero-order chi connectivity index (χ0) is 15.1. The molecule has 0 spiro atoms. The van der Waals surface area contributed by atoms with Crippen molar-refractivity contribution in [1.29, 1.82) is 0 Å². The van der Waals surface area contributed by atoms with Crippen molar-refractivity contribution in [3.05, 3.63) is 65.7 Å².